The standard InChI is InChI=1S/C23H37N3O2S/c1-29(27,28)25-21-9-7-19(8-10-21)20-15-22-11-12-23(16-20)26(22)14-13-24-17-18-5-3-2-4-6-18/h7-10,18,20,22-25H,2-6,11-17H2,1H3. The molecule has 3 fully saturated rings. The first kappa shape index (κ1) is 21.1. The molecule has 0 amide bonds. The lowest BCUT2D eigenvalue weighted by atomic mass is 9.85. The summed E-state index contributed by atoms with van der Waals surface area (Å²) in [5, 5.41) is 3.74. The molecule has 3 aliphatic rings. The van der Waals surface area contributed by atoms with E-state index in [1.807, 2.05) is 12.1 Å². The van der Waals surface area contributed by atoms with Gasteiger partial charge in [-0.3, -0.25) is 9.62 Å². The first-order chi connectivity index (χ1) is 14.0. The molecule has 2 heterocycles. The second kappa shape index (κ2) is 9.36. The van der Waals surface area contributed by atoms with Crippen molar-refractivity contribution in [2.24, 2.45) is 5.92 Å². The first-order valence-electron chi connectivity index (χ1n) is 11.5. The van der Waals surface area contributed by atoms with Gasteiger partial charge in [0.1, 0.15) is 0 Å². The van der Waals surface area contributed by atoms with Crippen molar-refractivity contribution in [3.05, 3.63) is 29.8 Å². The molecule has 2 saturated heterocycles. The number of rotatable bonds is 8. The fourth-order valence-electron chi connectivity index (χ4n) is 5.85. The normalized spacial score (nSPS) is 28.5. The molecule has 2 N–H and O–H groups in total. The Balaban J connectivity index is 1.25. The van der Waals surface area contributed by atoms with Crippen molar-refractivity contribution < 1.29 is 8.42 Å². The van der Waals surface area contributed by atoms with Crippen LogP contribution in [0.5, 0.6) is 0 Å². The van der Waals surface area contributed by atoms with Crippen LogP contribution in [0.3, 0.4) is 0 Å². The van der Waals surface area contributed by atoms with Gasteiger partial charge in [0.05, 0.1) is 6.26 Å². The minimum Gasteiger partial charge on any atom is -0.315 e. The topological polar surface area (TPSA) is 61.4 Å². The summed E-state index contributed by atoms with van der Waals surface area (Å²) >= 11 is 0. The highest BCUT2D eigenvalue weighted by molar-refractivity contribution is 7.92. The Labute approximate surface area is 176 Å². The minimum atomic E-state index is -3.21. The van der Waals surface area contributed by atoms with Gasteiger partial charge in [-0.15, -0.1) is 0 Å². The van der Waals surface area contributed by atoms with E-state index in [9.17, 15) is 8.42 Å². The molecule has 0 aromatic heterocycles. The number of anilines is 1. The van der Waals surface area contributed by atoms with Crippen LogP contribution in [-0.2, 0) is 10.0 Å². The van der Waals surface area contributed by atoms with Gasteiger partial charge in [0, 0.05) is 30.9 Å². The number of hydrogen-bond donors (Lipinski definition) is 2. The first-order valence-corrected chi connectivity index (χ1v) is 13.4. The molecule has 1 aromatic carbocycles. The molecule has 6 heteroatoms. The highest BCUT2D eigenvalue weighted by Gasteiger charge is 2.40. The minimum absolute atomic E-state index is 0.603. The van der Waals surface area contributed by atoms with Crippen molar-refractivity contribution in [2.75, 3.05) is 30.6 Å². The largest absolute Gasteiger partial charge is 0.315 e. The Kier molecular flexibility index (Phi) is 6.82. The molecule has 2 bridgehead atoms. The molecule has 2 atom stereocenters. The van der Waals surface area contributed by atoms with E-state index in [4.69, 9.17) is 0 Å². The van der Waals surface area contributed by atoms with E-state index in [0.717, 1.165) is 12.5 Å². The second-order valence-corrected chi connectivity index (χ2v) is 11.2. The van der Waals surface area contributed by atoms with Crippen molar-refractivity contribution in [1.82, 2.24) is 10.2 Å². The van der Waals surface area contributed by atoms with Crippen LogP contribution in [0.15, 0.2) is 24.3 Å². The zero-order valence-electron chi connectivity index (χ0n) is 17.8. The number of piperidine rings is 1. The molecular formula is C23H37N3O2S. The van der Waals surface area contributed by atoms with Crippen LogP contribution >= 0.6 is 0 Å². The van der Waals surface area contributed by atoms with Gasteiger partial charge >= 0.3 is 0 Å². The van der Waals surface area contributed by atoms with Crippen molar-refractivity contribution >= 4 is 15.7 Å². The van der Waals surface area contributed by atoms with Crippen LogP contribution in [0.4, 0.5) is 5.69 Å². The molecule has 162 valence electrons. The summed E-state index contributed by atoms with van der Waals surface area (Å²) in [6, 6.07) is 9.45. The molecule has 1 aliphatic carbocycles. The summed E-state index contributed by atoms with van der Waals surface area (Å²) in [4.78, 5) is 2.77. The summed E-state index contributed by atoms with van der Waals surface area (Å²) < 4.78 is 25.3. The second-order valence-electron chi connectivity index (χ2n) is 9.50. The van der Waals surface area contributed by atoms with Crippen LogP contribution in [0.25, 0.3) is 0 Å². The molecule has 2 aliphatic heterocycles. The van der Waals surface area contributed by atoms with E-state index >= 15 is 0 Å². The summed E-state index contributed by atoms with van der Waals surface area (Å²) in [5.74, 6) is 1.51. The molecular weight excluding hydrogens is 382 g/mol. The van der Waals surface area contributed by atoms with E-state index in [-0.39, 0.29) is 0 Å². The summed E-state index contributed by atoms with van der Waals surface area (Å²) in [7, 11) is -3.21. The Hall–Kier alpha value is -1.11. The lowest BCUT2D eigenvalue weighted by Gasteiger charge is -2.39. The predicted molar refractivity (Wildman–Crippen MR) is 120 cm³/mol. The van der Waals surface area contributed by atoms with E-state index in [0.29, 0.717) is 23.7 Å². The van der Waals surface area contributed by atoms with E-state index < -0.39 is 10.0 Å². The van der Waals surface area contributed by atoms with Gasteiger partial charge in [-0.25, -0.2) is 8.42 Å². The fraction of sp³-hybridized carbons (Fsp3) is 0.739. The SMILES string of the molecule is CS(=O)(=O)Nc1ccc(C2CC3CCC(C2)N3CCNCC2CCCCC2)cc1. The number of sulfonamides is 1. The van der Waals surface area contributed by atoms with Gasteiger partial charge in [-0.05, 0) is 74.6 Å². The van der Waals surface area contributed by atoms with Gasteiger partial charge in [-0.1, -0.05) is 31.4 Å². The molecule has 1 aromatic rings. The maximum absolute atomic E-state index is 11.4. The van der Waals surface area contributed by atoms with Crippen molar-refractivity contribution in [3.63, 3.8) is 0 Å². The number of fused-ring (bicyclic) bond motifs is 2. The van der Waals surface area contributed by atoms with Crippen LogP contribution in [0.2, 0.25) is 0 Å². The molecule has 4 rings (SSSR count). The average Bonchev–Trinajstić information content (AvgIpc) is 2.93. The zero-order chi connectivity index (χ0) is 20.3. The van der Waals surface area contributed by atoms with E-state index in [1.165, 1.54) is 82.7 Å². The number of benzene rings is 1. The van der Waals surface area contributed by atoms with Crippen LogP contribution in [0, 0.1) is 5.92 Å². The quantitative estimate of drug-likeness (QED) is 0.627. The Morgan fingerprint density at radius 1 is 0.966 bits per heavy atom. The van der Waals surface area contributed by atoms with Gasteiger partial charge in [0.25, 0.3) is 0 Å². The van der Waals surface area contributed by atoms with Crippen LogP contribution in [0.1, 0.15) is 69.3 Å². The Morgan fingerprint density at radius 3 is 2.24 bits per heavy atom. The lowest BCUT2D eigenvalue weighted by molar-refractivity contribution is 0.127. The van der Waals surface area contributed by atoms with E-state index in [2.05, 4.69) is 27.1 Å². The lowest BCUT2D eigenvalue weighted by Crippen LogP contribution is -2.45. The number of hydrogen-bond acceptors (Lipinski definition) is 4. The molecule has 2 unspecified atom stereocenters. The van der Waals surface area contributed by atoms with Gasteiger partial charge in [-0.2, -0.15) is 0 Å². The van der Waals surface area contributed by atoms with Gasteiger partial charge in [0.2, 0.25) is 10.0 Å². The van der Waals surface area contributed by atoms with Crippen LogP contribution in [-0.4, -0.2) is 51.3 Å². The molecule has 29 heavy (non-hydrogen) atoms. The van der Waals surface area contributed by atoms with E-state index in [1.54, 1.807) is 0 Å². The maximum atomic E-state index is 11.4. The van der Waals surface area contributed by atoms with Gasteiger partial charge < -0.3 is 5.32 Å². The summed E-state index contributed by atoms with van der Waals surface area (Å²) in [5.41, 5.74) is 2.01. The molecule has 0 radical (unpaired) electrons. The molecule has 5 nitrogen and oxygen atoms in total. The third-order valence-corrected chi connectivity index (χ3v) is 7.88. The van der Waals surface area contributed by atoms with Crippen molar-refractivity contribution in [1.29, 1.82) is 0 Å². The molecule has 1 saturated carbocycles. The summed E-state index contributed by atoms with van der Waals surface area (Å²) in [6.07, 6.45) is 13.4. The predicted octanol–water partition coefficient (Wildman–Crippen LogP) is 3.94. The van der Waals surface area contributed by atoms with Gasteiger partial charge in [0.15, 0.2) is 0 Å². The third kappa shape index (κ3) is 5.74. The van der Waals surface area contributed by atoms with Crippen LogP contribution < -0.4 is 10.0 Å². The number of nitrogens with one attached hydrogen (secondary N) is 2. The zero-order valence-corrected chi connectivity index (χ0v) is 18.6. The fourth-order valence-corrected chi connectivity index (χ4v) is 6.42. The third-order valence-electron chi connectivity index (χ3n) is 7.27. The Morgan fingerprint density at radius 2 is 1.62 bits per heavy atom. The number of nitrogens with zero attached hydrogens (tertiary/aromatic N) is 1. The van der Waals surface area contributed by atoms with Crippen molar-refractivity contribution in [3.8, 4) is 0 Å². The highest BCUT2D eigenvalue weighted by atomic mass is 32.2. The highest BCUT2D eigenvalue weighted by Crippen LogP contribution is 2.43. The summed E-state index contributed by atoms with van der Waals surface area (Å²) in [6.45, 7) is 3.52. The molecule has 0 spiro atoms. The Bertz CT molecular complexity index is 745. The average molecular weight is 420 g/mol. The van der Waals surface area contributed by atoms with Crippen molar-refractivity contribution in [2.45, 2.75) is 75.8 Å². The monoisotopic (exact) mass is 419 g/mol. The maximum Gasteiger partial charge on any atom is 0.229 e. The smallest absolute Gasteiger partial charge is 0.229 e.